The smallest absolute Gasteiger partial charge is 0.281 e. The quantitative estimate of drug-likeness (QED) is 0.661. The highest BCUT2D eigenvalue weighted by atomic mass is 32.1. The van der Waals surface area contributed by atoms with Crippen LogP contribution in [0.1, 0.15) is 12.1 Å². The van der Waals surface area contributed by atoms with Gasteiger partial charge in [-0.2, -0.15) is 4.37 Å². The fourth-order valence-corrected chi connectivity index (χ4v) is 0.923. The maximum Gasteiger partial charge on any atom is 0.281 e. The van der Waals surface area contributed by atoms with Crippen LogP contribution >= 0.6 is 11.5 Å². The molecule has 0 radical (unpaired) electrons. The summed E-state index contributed by atoms with van der Waals surface area (Å²) in [5.74, 6) is 0. The van der Waals surface area contributed by atoms with Crippen LogP contribution in [0, 0.1) is 0 Å². The van der Waals surface area contributed by atoms with Gasteiger partial charge in [-0.25, -0.2) is 8.78 Å². The zero-order valence-electron chi connectivity index (χ0n) is 4.34. The summed E-state index contributed by atoms with van der Waals surface area (Å²) in [4.78, 5) is 0. The van der Waals surface area contributed by atoms with E-state index in [1.165, 1.54) is 6.07 Å². The summed E-state index contributed by atoms with van der Waals surface area (Å²) in [6, 6.07) is 1.18. The van der Waals surface area contributed by atoms with Crippen molar-refractivity contribution in [3.05, 3.63) is 11.8 Å². The van der Waals surface area contributed by atoms with Gasteiger partial charge < -0.3 is 5.73 Å². The number of hydrogen-bond acceptors (Lipinski definition) is 3. The molecule has 0 atom stereocenters. The molecule has 0 bridgehead atoms. The minimum atomic E-state index is -2.50. The third kappa shape index (κ3) is 1.35. The van der Waals surface area contributed by atoms with E-state index in [4.69, 9.17) is 5.73 Å². The summed E-state index contributed by atoms with van der Waals surface area (Å²) < 4.78 is 26.7. The lowest BCUT2D eigenvalue weighted by Gasteiger charge is -1.86. The van der Waals surface area contributed by atoms with E-state index < -0.39 is 6.43 Å². The predicted molar refractivity (Wildman–Crippen MR) is 31.5 cm³/mol. The van der Waals surface area contributed by atoms with Crippen LogP contribution in [0.25, 0.3) is 0 Å². The molecule has 5 heteroatoms. The molecular formula is C4H4F2N2S. The van der Waals surface area contributed by atoms with Crippen LogP contribution in [-0.4, -0.2) is 4.37 Å². The predicted octanol–water partition coefficient (Wildman–Crippen LogP) is 1.66. The summed E-state index contributed by atoms with van der Waals surface area (Å²) in [5.41, 5.74) is 4.90. The molecule has 1 heterocycles. The van der Waals surface area contributed by atoms with Crippen molar-refractivity contribution in [3.63, 3.8) is 0 Å². The van der Waals surface area contributed by atoms with Gasteiger partial charge >= 0.3 is 0 Å². The first-order chi connectivity index (χ1) is 4.20. The van der Waals surface area contributed by atoms with E-state index >= 15 is 0 Å². The third-order valence-electron chi connectivity index (χ3n) is 0.770. The second-order valence-corrected chi connectivity index (χ2v) is 2.29. The van der Waals surface area contributed by atoms with Crippen LogP contribution in [0.3, 0.4) is 0 Å². The molecule has 0 saturated heterocycles. The number of alkyl halides is 2. The van der Waals surface area contributed by atoms with Crippen molar-refractivity contribution in [3.8, 4) is 0 Å². The molecule has 0 aliphatic carbocycles. The van der Waals surface area contributed by atoms with Crippen molar-refractivity contribution >= 4 is 16.5 Å². The first-order valence-electron chi connectivity index (χ1n) is 2.20. The topological polar surface area (TPSA) is 38.9 Å². The maximum absolute atomic E-state index is 11.7. The van der Waals surface area contributed by atoms with Crippen LogP contribution in [-0.2, 0) is 0 Å². The lowest BCUT2D eigenvalue weighted by Crippen LogP contribution is -1.81. The number of nitrogens with two attached hydrogens (primary N) is 1. The Bertz CT molecular complexity index is 198. The molecule has 1 rings (SSSR count). The van der Waals surface area contributed by atoms with Gasteiger partial charge in [0.1, 0.15) is 10.7 Å². The molecule has 0 spiro atoms. The molecule has 0 aliphatic heterocycles. The van der Waals surface area contributed by atoms with Gasteiger partial charge in [0.05, 0.1) is 0 Å². The van der Waals surface area contributed by atoms with Crippen LogP contribution in [0.5, 0.6) is 0 Å². The first kappa shape index (κ1) is 6.41. The summed E-state index contributed by atoms with van der Waals surface area (Å²) >= 11 is 0.881. The molecule has 0 amide bonds. The Morgan fingerprint density at radius 3 is 2.56 bits per heavy atom. The average Bonchev–Trinajstić information content (AvgIpc) is 2.14. The Morgan fingerprint density at radius 1 is 1.67 bits per heavy atom. The van der Waals surface area contributed by atoms with Crippen molar-refractivity contribution in [2.24, 2.45) is 0 Å². The second-order valence-electron chi connectivity index (χ2n) is 1.45. The Hall–Kier alpha value is -0.710. The number of halogens is 2. The number of anilines is 1. The maximum atomic E-state index is 11.7. The fourth-order valence-electron chi connectivity index (χ4n) is 0.407. The van der Waals surface area contributed by atoms with E-state index in [1.54, 1.807) is 0 Å². The first-order valence-corrected chi connectivity index (χ1v) is 2.97. The monoisotopic (exact) mass is 150 g/mol. The molecule has 0 aromatic carbocycles. The zero-order valence-corrected chi connectivity index (χ0v) is 5.16. The van der Waals surface area contributed by atoms with Gasteiger partial charge in [0.25, 0.3) is 6.43 Å². The minimum absolute atomic E-state index is 0.238. The fraction of sp³-hybridized carbons (Fsp3) is 0.250. The van der Waals surface area contributed by atoms with Gasteiger partial charge in [-0.15, -0.1) is 0 Å². The Labute approximate surface area is 54.5 Å². The van der Waals surface area contributed by atoms with E-state index in [2.05, 4.69) is 4.37 Å². The number of rotatable bonds is 1. The van der Waals surface area contributed by atoms with E-state index in [9.17, 15) is 8.78 Å². The molecule has 0 fully saturated rings. The van der Waals surface area contributed by atoms with Crippen LogP contribution in [0.4, 0.5) is 13.8 Å². The van der Waals surface area contributed by atoms with Crippen molar-refractivity contribution in [2.45, 2.75) is 6.43 Å². The van der Waals surface area contributed by atoms with Crippen molar-refractivity contribution in [1.82, 2.24) is 4.37 Å². The van der Waals surface area contributed by atoms with Crippen molar-refractivity contribution in [1.29, 1.82) is 0 Å². The Kier molecular flexibility index (Phi) is 1.61. The van der Waals surface area contributed by atoms with E-state index in [0.29, 0.717) is 5.00 Å². The molecule has 1 aromatic rings. The molecule has 2 nitrogen and oxygen atoms in total. The van der Waals surface area contributed by atoms with Crippen molar-refractivity contribution in [2.75, 3.05) is 5.73 Å². The second kappa shape index (κ2) is 2.26. The normalized spacial score (nSPS) is 10.6. The number of hydrogen-bond donors (Lipinski definition) is 1. The molecule has 2 N–H and O–H groups in total. The summed E-state index contributed by atoms with van der Waals surface area (Å²) in [7, 11) is 0. The van der Waals surface area contributed by atoms with Crippen molar-refractivity contribution < 1.29 is 8.78 Å². The molecule has 0 saturated carbocycles. The molecule has 0 unspecified atom stereocenters. The number of nitrogen functional groups attached to an aromatic ring is 1. The minimum Gasteiger partial charge on any atom is -0.389 e. The van der Waals surface area contributed by atoms with E-state index in [0.717, 1.165) is 11.5 Å². The van der Waals surface area contributed by atoms with Gasteiger partial charge in [-0.3, -0.25) is 0 Å². The zero-order chi connectivity index (χ0) is 6.85. The molecule has 1 aromatic heterocycles. The largest absolute Gasteiger partial charge is 0.389 e. The molecule has 0 aliphatic rings. The molecular weight excluding hydrogens is 146 g/mol. The average molecular weight is 150 g/mol. The molecule has 9 heavy (non-hydrogen) atoms. The van der Waals surface area contributed by atoms with Gasteiger partial charge in [0.15, 0.2) is 0 Å². The Balaban J connectivity index is 2.85. The SMILES string of the molecule is Nc1cc(C(F)F)ns1. The standard InChI is InChI=1S/C4H4F2N2S/c5-4(6)2-1-3(7)9-8-2/h1,4H,7H2. The number of nitrogens with zero attached hydrogens (tertiary/aromatic N) is 1. The highest BCUT2D eigenvalue weighted by molar-refractivity contribution is 7.10. The highest BCUT2D eigenvalue weighted by Crippen LogP contribution is 2.21. The van der Waals surface area contributed by atoms with Crippen LogP contribution < -0.4 is 5.73 Å². The number of aromatic nitrogens is 1. The van der Waals surface area contributed by atoms with Crippen LogP contribution in [0.15, 0.2) is 6.07 Å². The Morgan fingerprint density at radius 2 is 2.33 bits per heavy atom. The lowest BCUT2D eigenvalue weighted by atomic mass is 10.4. The molecule has 50 valence electrons. The summed E-state index contributed by atoms with van der Waals surface area (Å²) in [5, 5.41) is 0.324. The summed E-state index contributed by atoms with van der Waals surface area (Å²) in [6.45, 7) is 0. The van der Waals surface area contributed by atoms with Gasteiger partial charge in [0.2, 0.25) is 0 Å². The van der Waals surface area contributed by atoms with Gasteiger partial charge in [-0.05, 0) is 11.5 Å². The van der Waals surface area contributed by atoms with Gasteiger partial charge in [-0.1, -0.05) is 0 Å². The van der Waals surface area contributed by atoms with E-state index in [-0.39, 0.29) is 5.69 Å². The van der Waals surface area contributed by atoms with Gasteiger partial charge in [0, 0.05) is 6.07 Å². The highest BCUT2D eigenvalue weighted by Gasteiger charge is 2.09. The van der Waals surface area contributed by atoms with E-state index in [1.807, 2.05) is 0 Å². The van der Waals surface area contributed by atoms with Crippen LogP contribution in [0.2, 0.25) is 0 Å². The summed E-state index contributed by atoms with van der Waals surface area (Å²) in [6.07, 6.45) is -2.50. The third-order valence-corrected chi connectivity index (χ3v) is 1.40. The lowest BCUT2D eigenvalue weighted by molar-refractivity contribution is 0.147.